The van der Waals surface area contributed by atoms with Gasteiger partial charge in [0, 0.05) is 22.2 Å². The minimum atomic E-state index is -0.165. The van der Waals surface area contributed by atoms with Gasteiger partial charge in [0.25, 0.3) is 0 Å². The SMILES string of the molecule is CC(C)CC(CCl)(CCl)c1cccc(Cl)c1. The highest BCUT2D eigenvalue weighted by Crippen LogP contribution is 2.35. The molecule has 1 rings (SSSR count). The lowest BCUT2D eigenvalue weighted by molar-refractivity contribution is 0.408. The lowest BCUT2D eigenvalue weighted by Crippen LogP contribution is -2.32. The second kappa shape index (κ2) is 6.14. The first-order valence-corrected chi connectivity index (χ1v) is 6.87. The van der Waals surface area contributed by atoms with E-state index in [9.17, 15) is 0 Å². The summed E-state index contributed by atoms with van der Waals surface area (Å²) in [5.74, 6) is 1.60. The van der Waals surface area contributed by atoms with Gasteiger partial charge in [-0.15, -0.1) is 23.2 Å². The zero-order valence-electron chi connectivity index (χ0n) is 9.64. The molecule has 90 valence electrons. The molecule has 0 aliphatic rings. The van der Waals surface area contributed by atoms with Crippen LogP contribution in [-0.2, 0) is 5.41 Å². The summed E-state index contributed by atoms with van der Waals surface area (Å²) in [6, 6.07) is 7.84. The highest BCUT2D eigenvalue weighted by molar-refractivity contribution is 6.30. The van der Waals surface area contributed by atoms with Gasteiger partial charge in [-0.3, -0.25) is 0 Å². The molecule has 0 amide bonds. The number of halogens is 3. The Morgan fingerprint density at radius 3 is 2.25 bits per heavy atom. The second-order valence-corrected chi connectivity index (χ2v) is 5.63. The summed E-state index contributed by atoms with van der Waals surface area (Å²) in [6.07, 6.45) is 0.973. The van der Waals surface area contributed by atoms with Crippen LogP contribution in [-0.4, -0.2) is 11.8 Å². The van der Waals surface area contributed by atoms with Crippen LogP contribution in [0.4, 0.5) is 0 Å². The zero-order valence-corrected chi connectivity index (χ0v) is 11.9. The third-order valence-electron chi connectivity index (χ3n) is 2.75. The lowest BCUT2D eigenvalue weighted by Gasteiger charge is -2.32. The van der Waals surface area contributed by atoms with Crippen molar-refractivity contribution in [1.29, 1.82) is 0 Å². The zero-order chi connectivity index (χ0) is 12.2. The van der Waals surface area contributed by atoms with Crippen molar-refractivity contribution in [1.82, 2.24) is 0 Å². The molecule has 0 fully saturated rings. The Labute approximate surface area is 113 Å². The first kappa shape index (κ1) is 14.2. The van der Waals surface area contributed by atoms with E-state index in [0.29, 0.717) is 17.7 Å². The summed E-state index contributed by atoms with van der Waals surface area (Å²) < 4.78 is 0. The maximum absolute atomic E-state index is 6.13. The Hall–Kier alpha value is 0.0900. The summed E-state index contributed by atoms with van der Waals surface area (Å²) in [6.45, 7) is 4.36. The lowest BCUT2D eigenvalue weighted by atomic mass is 9.77. The van der Waals surface area contributed by atoms with Gasteiger partial charge in [0.2, 0.25) is 0 Å². The normalized spacial score (nSPS) is 12.1. The molecule has 1 aromatic carbocycles. The molecule has 0 N–H and O–H groups in total. The maximum atomic E-state index is 6.13. The van der Waals surface area contributed by atoms with Crippen LogP contribution in [0, 0.1) is 5.92 Å². The fourth-order valence-corrected chi connectivity index (χ4v) is 3.02. The van der Waals surface area contributed by atoms with E-state index in [4.69, 9.17) is 34.8 Å². The number of benzene rings is 1. The molecule has 0 aromatic heterocycles. The van der Waals surface area contributed by atoms with Crippen molar-refractivity contribution in [2.24, 2.45) is 5.92 Å². The van der Waals surface area contributed by atoms with E-state index >= 15 is 0 Å². The van der Waals surface area contributed by atoms with Crippen molar-refractivity contribution in [2.45, 2.75) is 25.7 Å². The summed E-state index contributed by atoms with van der Waals surface area (Å²) in [4.78, 5) is 0. The Morgan fingerprint density at radius 1 is 1.19 bits per heavy atom. The van der Waals surface area contributed by atoms with Crippen LogP contribution in [0.15, 0.2) is 24.3 Å². The van der Waals surface area contributed by atoms with Gasteiger partial charge >= 0.3 is 0 Å². The molecule has 0 radical (unpaired) electrons. The van der Waals surface area contributed by atoms with Crippen LogP contribution in [0.3, 0.4) is 0 Å². The van der Waals surface area contributed by atoms with Gasteiger partial charge in [0.05, 0.1) is 0 Å². The van der Waals surface area contributed by atoms with Gasteiger partial charge in [-0.1, -0.05) is 37.6 Å². The van der Waals surface area contributed by atoms with Crippen LogP contribution < -0.4 is 0 Å². The minimum absolute atomic E-state index is 0.165. The van der Waals surface area contributed by atoms with Crippen molar-refractivity contribution in [2.75, 3.05) is 11.8 Å². The highest BCUT2D eigenvalue weighted by atomic mass is 35.5. The smallest absolute Gasteiger partial charge is 0.0408 e. The molecular weight excluding hydrogens is 263 g/mol. The molecule has 0 atom stereocenters. The predicted octanol–water partition coefficient (Wildman–Crippen LogP) is 5.10. The molecule has 0 aliphatic heterocycles. The van der Waals surface area contributed by atoms with Gasteiger partial charge in [-0.05, 0) is 30.0 Å². The van der Waals surface area contributed by atoms with E-state index < -0.39 is 0 Å². The molecule has 0 unspecified atom stereocenters. The van der Waals surface area contributed by atoms with Crippen LogP contribution in [0.5, 0.6) is 0 Å². The van der Waals surface area contributed by atoms with Crippen molar-refractivity contribution in [3.05, 3.63) is 34.9 Å². The Balaban J connectivity index is 3.09. The largest absolute Gasteiger partial charge is 0.126 e. The van der Waals surface area contributed by atoms with E-state index in [1.165, 1.54) is 0 Å². The van der Waals surface area contributed by atoms with Crippen LogP contribution in [0.1, 0.15) is 25.8 Å². The molecule has 0 nitrogen and oxygen atoms in total. The van der Waals surface area contributed by atoms with E-state index in [2.05, 4.69) is 19.9 Å². The average Bonchev–Trinajstić information content (AvgIpc) is 2.25. The van der Waals surface area contributed by atoms with E-state index in [1.54, 1.807) is 0 Å². The molecule has 1 aromatic rings. The number of hydrogen-bond donors (Lipinski definition) is 0. The van der Waals surface area contributed by atoms with Crippen LogP contribution >= 0.6 is 34.8 Å². The Bertz CT molecular complexity index is 330. The molecule has 0 saturated carbocycles. The molecule has 16 heavy (non-hydrogen) atoms. The van der Waals surface area contributed by atoms with Gasteiger partial charge in [-0.25, -0.2) is 0 Å². The highest BCUT2D eigenvalue weighted by Gasteiger charge is 2.31. The van der Waals surface area contributed by atoms with E-state index in [-0.39, 0.29) is 5.41 Å². The summed E-state index contributed by atoms with van der Waals surface area (Å²) in [5, 5.41) is 0.737. The molecule has 3 heteroatoms. The number of alkyl halides is 2. The summed E-state index contributed by atoms with van der Waals surface area (Å²) >= 11 is 18.3. The molecule has 0 heterocycles. The summed E-state index contributed by atoms with van der Waals surface area (Å²) in [7, 11) is 0. The van der Waals surface area contributed by atoms with Crippen molar-refractivity contribution < 1.29 is 0 Å². The Kier molecular flexibility index (Phi) is 5.43. The second-order valence-electron chi connectivity index (χ2n) is 4.66. The number of rotatable bonds is 5. The fourth-order valence-electron chi connectivity index (χ4n) is 2.02. The Morgan fingerprint density at radius 2 is 1.81 bits per heavy atom. The van der Waals surface area contributed by atoms with Crippen molar-refractivity contribution in [3.63, 3.8) is 0 Å². The van der Waals surface area contributed by atoms with Gasteiger partial charge < -0.3 is 0 Å². The van der Waals surface area contributed by atoms with Crippen LogP contribution in [0.2, 0.25) is 5.02 Å². The van der Waals surface area contributed by atoms with Gasteiger partial charge in [-0.2, -0.15) is 0 Å². The molecule has 0 saturated heterocycles. The van der Waals surface area contributed by atoms with Gasteiger partial charge in [0.1, 0.15) is 0 Å². The first-order chi connectivity index (χ1) is 7.54. The topological polar surface area (TPSA) is 0 Å². The quantitative estimate of drug-likeness (QED) is 0.658. The minimum Gasteiger partial charge on any atom is -0.126 e. The van der Waals surface area contributed by atoms with Crippen molar-refractivity contribution >= 4 is 34.8 Å². The molecule has 0 spiro atoms. The molecule has 0 bridgehead atoms. The van der Waals surface area contributed by atoms with E-state index in [1.807, 2.05) is 18.2 Å². The molecular formula is C13H17Cl3. The number of hydrogen-bond acceptors (Lipinski definition) is 0. The average molecular weight is 280 g/mol. The monoisotopic (exact) mass is 278 g/mol. The first-order valence-electron chi connectivity index (χ1n) is 5.42. The predicted molar refractivity (Wildman–Crippen MR) is 74.0 cm³/mol. The van der Waals surface area contributed by atoms with Gasteiger partial charge in [0.15, 0.2) is 0 Å². The third-order valence-corrected chi connectivity index (χ3v) is 4.01. The standard InChI is InChI=1S/C13H17Cl3/c1-10(2)7-13(8-14,9-15)11-4-3-5-12(16)6-11/h3-6,10H,7-9H2,1-2H3. The fraction of sp³-hybridized carbons (Fsp3) is 0.538. The van der Waals surface area contributed by atoms with Crippen LogP contribution in [0.25, 0.3) is 0 Å². The summed E-state index contributed by atoms with van der Waals surface area (Å²) in [5.41, 5.74) is 0.973. The third kappa shape index (κ3) is 3.29. The van der Waals surface area contributed by atoms with Crippen molar-refractivity contribution in [3.8, 4) is 0 Å². The maximum Gasteiger partial charge on any atom is 0.0408 e. The molecule has 0 aliphatic carbocycles. The van der Waals surface area contributed by atoms with E-state index in [0.717, 1.165) is 17.0 Å².